The number of rotatable bonds is 11. The van der Waals surface area contributed by atoms with Gasteiger partial charge in [0.2, 0.25) is 5.91 Å². The monoisotopic (exact) mass is 260 g/mol. The minimum Gasteiger partial charge on any atom is -0.368 e. The van der Waals surface area contributed by atoms with E-state index in [1.165, 1.54) is 30.8 Å². The van der Waals surface area contributed by atoms with Crippen molar-refractivity contribution in [2.75, 3.05) is 18.1 Å². The van der Waals surface area contributed by atoms with Gasteiger partial charge >= 0.3 is 0 Å². The van der Waals surface area contributed by atoms with Crippen molar-refractivity contribution in [3.05, 3.63) is 0 Å². The van der Waals surface area contributed by atoms with Crippen LogP contribution in [0.4, 0.5) is 0 Å². The number of carbonyl (C=O) groups is 1. The van der Waals surface area contributed by atoms with Crippen LogP contribution in [0.15, 0.2) is 0 Å². The van der Waals surface area contributed by atoms with Crippen molar-refractivity contribution in [2.45, 2.75) is 58.4 Å². The Kier molecular flexibility index (Phi) is 9.65. The SMILES string of the molecule is CCCCSCCCCC(C)(NCC)C(N)=O. The lowest BCUT2D eigenvalue weighted by Gasteiger charge is -2.26. The van der Waals surface area contributed by atoms with Gasteiger partial charge in [0.1, 0.15) is 0 Å². The quantitative estimate of drug-likeness (QED) is 0.561. The summed E-state index contributed by atoms with van der Waals surface area (Å²) in [5.74, 6) is 2.22. The Bertz CT molecular complexity index is 212. The van der Waals surface area contributed by atoms with Gasteiger partial charge in [0, 0.05) is 0 Å². The summed E-state index contributed by atoms with van der Waals surface area (Å²) in [6.07, 6.45) is 5.65. The molecule has 102 valence electrons. The molecule has 0 aromatic rings. The zero-order chi connectivity index (χ0) is 13.1. The van der Waals surface area contributed by atoms with Gasteiger partial charge in [-0.25, -0.2) is 0 Å². The zero-order valence-electron chi connectivity index (χ0n) is 11.6. The lowest BCUT2D eigenvalue weighted by Crippen LogP contribution is -2.52. The second-order valence-electron chi connectivity index (χ2n) is 4.65. The highest BCUT2D eigenvalue weighted by molar-refractivity contribution is 7.99. The molecule has 3 N–H and O–H groups in total. The molecule has 0 aromatic carbocycles. The summed E-state index contributed by atoms with van der Waals surface area (Å²) >= 11 is 2.01. The summed E-state index contributed by atoms with van der Waals surface area (Å²) in [6, 6.07) is 0. The molecule has 1 atom stereocenters. The summed E-state index contributed by atoms with van der Waals surface area (Å²) in [5, 5.41) is 3.19. The molecule has 0 aliphatic carbocycles. The number of likely N-dealkylation sites (N-methyl/N-ethyl adjacent to an activating group) is 1. The van der Waals surface area contributed by atoms with Crippen molar-refractivity contribution in [2.24, 2.45) is 5.73 Å². The van der Waals surface area contributed by atoms with Crippen molar-refractivity contribution in [1.82, 2.24) is 5.32 Å². The first kappa shape index (κ1) is 16.8. The van der Waals surface area contributed by atoms with E-state index in [2.05, 4.69) is 12.2 Å². The maximum atomic E-state index is 11.4. The molecule has 3 nitrogen and oxygen atoms in total. The summed E-state index contributed by atoms with van der Waals surface area (Å²) in [7, 11) is 0. The lowest BCUT2D eigenvalue weighted by molar-refractivity contribution is -0.124. The van der Waals surface area contributed by atoms with E-state index in [9.17, 15) is 4.79 Å². The molecule has 1 amide bonds. The first-order valence-corrected chi connectivity index (χ1v) is 7.85. The molecular weight excluding hydrogens is 232 g/mol. The molecule has 0 heterocycles. The molecule has 0 saturated carbocycles. The van der Waals surface area contributed by atoms with Crippen LogP contribution in [0.5, 0.6) is 0 Å². The topological polar surface area (TPSA) is 55.1 Å². The number of nitrogens with two attached hydrogens (primary N) is 1. The molecule has 0 saturated heterocycles. The van der Waals surface area contributed by atoms with E-state index in [0.717, 1.165) is 19.4 Å². The number of unbranched alkanes of at least 4 members (excludes halogenated alkanes) is 2. The van der Waals surface area contributed by atoms with Gasteiger partial charge in [-0.15, -0.1) is 0 Å². The van der Waals surface area contributed by atoms with Crippen molar-refractivity contribution in [3.63, 3.8) is 0 Å². The lowest BCUT2D eigenvalue weighted by atomic mass is 9.94. The predicted molar refractivity (Wildman–Crippen MR) is 77.4 cm³/mol. The molecule has 17 heavy (non-hydrogen) atoms. The van der Waals surface area contributed by atoms with Gasteiger partial charge in [-0.2, -0.15) is 11.8 Å². The van der Waals surface area contributed by atoms with E-state index in [-0.39, 0.29) is 5.91 Å². The Morgan fingerprint density at radius 3 is 2.41 bits per heavy atom. The van der Waals surface area contributed by atoms with Crippen LogP contribution in [0.2, 0.25) is 0 Å². The molecule has 0 aliphatic heterocycles. The molecule has 0 bridgehead atoms. The summed E-state index contributed by atoms with van der Waals surface area (Å²) in [4.78, 5) is 11.4. The highest BCUT2D eigenvalue weighted by Crippen LogP contribution is 2.15. The Morgan fingerprint density at radius 1 is 1.24 bits per heavy atom. The molecular formula is C13H28N2OS. The minimum absolute atomic E-state index is 0.238. The third-order valence-corrected chi connectivity index (χ3v) is 4.12. The molecule has 0 spiro atoms. The summed E-state index contributed by atoms with van der Waals surface area (Å²) in [5.41, 5.74) is 4.91. The third kappa shape index (κ3) is 7.66. The molecule has 0 aliphatic rings. The van der Waals surface area contributed by atoms with Crippen LogP contribution in [-0.4, -0.2) is 29.5 Å². The van der Waals surface area contributed by atoms with Crippen LogP contribution in [0.25, 0.3) is 0 Å². The van der Waals surface area contributed by atoms with Gasteiger partial charge in [0.05, 0.1) is 5.54 Å². The first-order valence-electron chi connectivity index (χ1n) is 6.69. The Labute approximate surface area is 110 Å². The first-order chi connectivity index (χ1) is 8.06. The van der Waals surface area contributed by atoms with E-state index in [1.807, 2.05) is 25.6 Å². The van der Waals surface area contributed by atoms with Crippen LogP contribution in [-0.2, 0) is 4.79 Å². The fourth-order valence-electron chi connectivity index (χ4n) is 1.72. The van der Waals surface area contributed by atoms with E-state index < -0.39 is 5.54 Å². The number of nitrogens with one attached hydrogen (secondary N) is 1. The highest BCUT2D eigenvalue weighted by Gasteiger charge is 2.28. The van der Waals surface area contributed by atoms with Gasteiger partial charge in [0.15, 0.2) is 0 Å². The number of primary amides is 1. The molecule has 4 heteroatoms. The fourth-order valence-corrected chi connectivity index (χ4v) is 2.83. The summed E-state index contributed by atoms with van der Waals surface area (Å²) < 4.78 is 0. The van der Waals surface area contributed by atoms with Crippen LogP contribution >= 0.6 is 11.8 Å². The maximum Gasteiger partial charge on any atom is 0.237 e. The molecule has 0 fully saturated rings. The summed E-state index contributed by atoms with van der Waals surface area (Å²) in [6.45, 7) is 6.91. The molecule has 1 unspecified atom stereocenters. The van der Waals surface area contributed by atoms with E-state index in [4.69, 9.17) is 5.73 Å². The predicted octanol–water partition coefficient (Wildman–Crippen LogP) is 2.54. The third-order valence-electron chi connectivity index (χ3n) is 2.97. The molecule has 0 radical (unpaired) electrons. The van der Waals surface area contributed by atoms with Crippen molar-refractivity contribution in [3.8, 4) is 0 Å². The Morgan fingerprint density at radius 2 is 1.88 bits per heavy atom. The van der Waals surface area contributed by atoms with Crippen molar-refractivity contribution in [1.29, 1.82) is 0 Å². The number of carbonyl (C=O) groups excluding carboxylic acids is 1. The Balaban J connectivity index is 3.65. The Hall–Kier alpha value is -0.220. The van der Waals surface area contributed by atoms with Gasteiger partial charge in [-0.05, 0) is 44.2 Å². The smallest absolute Gasteiger partial charge is 0.237 e. The largest absolute Gasteiger partial charge is 0.368 e. The highest BCUT2D eigenvalue weighted by atomic mass is 32.2. The van der Waals surface area contributed by atoms with Gasteiger partial charge < -0.3 is 11.1 Å². The van der Waals surface area contributed by atoms with Crippen molar-refractivity contribution >= 4 is 17.7 Å². The molecule has 0 rings (SSSR count). The average molecular weight is 260 g/mol. The van der Waals surface area contributed by atoms with E-state index >= 15 is 0 Å². The standard InChI is InChI=1S/C13H28N2OS/c1-4-6-10-17-11-8-7-9-13(3,12(14)16)15-5-2/h15H,4-11H2,1-3H3,(H2,14,16). The zero-order valence-corrected chi connectivity index (χ0v) is 12.4. The maximum absolute atomic E-state index is 11.4. The van der Waals surface area contributed by atoms with Crippen molar-refractivity contribution < 1.29 is 4.79 Å². The number of hydrogen-bond acceptors (Lipinski definition) is 3. The van der Waals surface area contributed by atoms with Crippen LogP contribution in [0.3, 0.4) is 0 Å². The van der Waals surface area contributed by atoms with E-state index in [1.54, 1.807) is 0 Å². The van der Waals surface area contributed by atoms with Gasteiger partial charge in [-0.3, -0.25) is 4.79 Å². The number of amides is 1. The fraction of sp³-hybridized carbons (Fsp3) is 0.923. The second-order valence-corrected chi connectivity index (χ2v) is 5.87. The minimum atomic E-state index is -0.525. The van der Waals surface area contributed by atoms with Gasteiger partial charge in [0.25, 0.3) is 0 Å². The van der Waals surface area contributed by atoms with Crippen LogP contribution in [0, 0.1) is 0 Å². The number of thioether (sulfide) groups is 1. The van der Waals surface area contributed by atoms with E-state index in [0.29, 0.717) is 0 Å². The average Bonchev–Trinajstić information content (AvgIpc) is 2.28. The second kappa shape index (κ2) is 9.77. The van der Waals surface area contributed by atoms with Gasteiger partial charge in [-0.1, -0.05) is 26.7 Å². The van der Waals surface area contributed by atoms with Crippen LogP contribution in [0.1, 0.15) is 52.9 Å². The normalized spacial score (nSPS) is 14.5. The van der Waals surface area contributed by atoms with Crippen LogP contribution < -0.4 is 11.1 Å². The number of hydrogen-bond donors (Lipinski definition) is 2. The molecule has 0 aromatic heterocycles.